The molecule has 0 amide bonds. The average Bonchev–Trinajstić information content (AvgIpc) is 2.52. The molecule has 0 saturated carbocycles. The average molecular weight is 344 g/mol. The fraction of sp³-hybridized carbons (Fsp3) is 0.438. The number of benzene rings is 1. The third kappa shape index (κ3) is 6.27. The van der Waals surface area contributed by atoms with Gasteiger partial charge in [-0.15, -0.1) is 0 Å². The Morgan fingerprint density at radius 3 is 2.78 bits per heavy atom. The Morgan fingerprint density at radius 1 is 1.26 bits per heavy atom. The highest BCUT2D eigenvalue weighted by atomic mass is 32.2. The highest BCUT2D eigenvalue weighted by Crippen LogP contribution is 2.29. The summed E-state index contributed by atoms with van der Waals surface area (Å²) in [5.74, 6) is 0.875. The number of nitrogens with two attached hydrogens (primary N) is 1. The van der Waals surface area contributed by atoms with Crippen molar-refractivity contribution in [1.29, 1.82) is 0 Å². The fourth-order valence-electron chi connectivity index (χ4n) is 2.12. The van der Waals surface area contributed by atoms with Crippen molar-refractivity contribution in [2.24, 2.45) is 10.7 Å². The molecule has 126 valence electrons. The van der Waals surface area contributed by atoms with Crippen molar-refractivity contribution in [3.63, 3.8) is 0 Å². The zero-order valence-corrected chi connectivity index (χ0v) is 13.4. The number of nitrogens with zero attached hydrogens (tertiary/aromatic N) is 1. The normalized spacial score (nSPS) is 15.3. The molecule has 0 unspecified atom stereocenters. The van der Waals surface area contributed by atoms with Gasteiger partial charge in [-0.2, -0.15) is 13.2 Å². The van der Waals surface area contributed by atoms with E-state index in [9.17, 15) is 13.2 Å². The maximum absolute atomic E-state index is 12.6. The van der Waals surface area contributed by atoms with E-state index in [4.69, 9.17) is 10.5 Å². The first-order chi connectivity index (χ1) is 10.9. The van der Waals surface area contributed by atoms with Crippen LogP contribution >= 0.6 is 11.8 Å². The third-order valence-corrected chi connectivity index (χ3v) is 4.26. The fourth-order valence-corrected chi connectivity index (χ4v) is 2.80. The van der Waals surface area contributed by atoms with E-state index in [-0.39, 0.29) is 6.61 Å². The van der Waals surface area contributed by atoms with Gasteiger partial charge in [0.15, 0.2) is 5.17 Å². The Labute approximate surface area is 137 Å². The lowest BCUT2D eigenvalue weighted by Gasteiger charge is -2.11. The van der Waals surface area contributed by atoms with Crippen LogP contribution in [-0.2, 0) is 17.5 Å². The minimum atomic E-state index is -4.31. The van der Waals surface area contributed by atoms with Gasteiger partial charge in [0.2, 0.25) is 0 Å². The van der Waals surface area contributed by atoms with Gasteiger partial charge in [0, 0.05) is 18.6 Å². The van der Waals surface area contributed by atoms with Crippen molar-refractivity contribution in [2.45, 2.75) is 32.0 Å². The lowest BCUT2D eigenvalue weighted by molar-refractivity contribution is -0.137. The molecule has 1 aromatic rings. The molecule has 1 heterocycles. The van der Waals surface area contributed by atoms with Gasteiger partial charge in [0.25, 0.3) is 0 Å². The summed E-state index contributed by atoms with van der Waals surface area (Å²) in [5.41, 5.74) is 6.71. The summed E-state index contributed by atoms with van der Waals surface area (Å²) in [6.45, 7) is 0.728. The zero-order chi connectivity index (χ0) is 16.7. The molecule has 1 aromatic carbocycles. The smallest absolute Gasteiger partial charge is 0.378 e. The molecule has 0 saturated heterocycles. The topological polar surface area (TPSA) is 47.6 Å². The van der Waals surface area contributed by atoms with E-state index in [2.05, 4.69) is 4.99 Å². The third-order valence-electron chi connectivity index (χ3n) is 3.34. The summed E-state index contributed by atoms with van der Waals surface area (Å²) in [6.07, 6.45) is 0.268. The van der Waals surface area contributed by atoms with E-state index in [1.54, 1.807) is 6.07 Å². The summed E-state index contributed by atoms with van der Waals surface area (Å²) in [4.78, 5) is 4.07. The maximum atomic E-state index is 12.6. The molecule has 3 nitrogen and oxygen atoms in total. The molecule has 0 radical (unpaired) electrons. The SMILES string of the molecule is NC1=NC=C(CCCCOCc2cccc(C(F)(F)F)c2)CS1. The largest absolute Gasteiger partial charge is 0.416 e. The van der Waals surface area contributed by atoms with Crippen LogP contribution in [0.3, 0.4) is 0 Å². The Hall–Kier alpha value is -1.47. The van der Waals surface area contributed by atoms with Crippen LogP contribution in [0, 0.1) is 0 Å². The molecule has 23 heavy (non-hydrogen) atoms. The lowest BCUT2D eigenvalue weighted by Crippen LogP contribution is -2.10. The predicted octanol–water partition coefficient (Wildman–Crippen LogP) is 4.34. The number of amidine groups is 1. The second kappa shape index (κ2) is 8.40. The van der Waals surface area contributed by atoms with Crippen LogP contribution in [0.1, 0.15) is 30.4 Å². The number of rotatable bonds is 7. The molecule has 2 rings (SSSR count). The van der Waals surface area contributed by atoms with E-state index >= 15 is 0 Å². The molecule has 2 N–H and O–H groups in total. The number of alkyl halides is 3. The second-order valence-electron chi connectivity index (χ2n) is 5.25. The first-order valence-corrected chi connectivity index (χ1v) is 8.31. The van der Waals surface area contributed by atoms with Crippen molar-refractivity contribution in [2.75, 3.05) is 12.4 Å². The van der Waals surface area contributed by atoms with E-state index in [1.807, 2.05) is 6.20 Å². The quantitative estimate of drug-likeness (QED) is 0.749. The van der Waals surface area contributed by atoms with Crippen LogP contribution in [0.25, 0.3) is 0 Å². The maximum Gasteiger partial charge on any atom is 0.416 e. The monoisotopic (exact) mass is 344 g/mol. The number of hydrogen-bond donors (Lipinski definition) is 1. The van der Waals surface area contributed by atoms with E-state index in [1.165, 1.54) is 23.4 Å². The first-order valence-electron chi connectivity index (χ1n) is 7.33. The summed E-state index contributed by atoms with van der Waals surface area (Å²) in [7, 11) is 0. The minimum Gasteiger partial charge on any atom is -0.378 e. The molecule has 0 atom stereocenters. The van der Waals surface area contributed by atoms with Gasteiger partial charge in [-0.25, -0.2) is 4.99 Å². The number of hydrogen-bond acceptors (Lipinski definition) is 4. The Bertz CT molecular complexity index is 585. The van der Waals surface area contributed by atoms with Crippen LogP contribution in [0.4, 0.5) is 13.2 Å². The van der Waals surface area contributed by atoms with Crippen molar-refractivity contribution in [3.8, 4) is 0 Å². The van der Waals surface area contributed by atoms with Crippen molar-refractivity contribution in [1.82, 2.24) is 0 Å². The number of unbranched alkanes of at least 4 members (excludes halogenated alkanes) is 1. The molecule has 0 bridgehead atoms. The first kappa shape index (κ1) is 17.9. The van der Waals surface area contributed by atoms with Crippen LogP contribution in [0.5, 0.6) is 0 Å². The highest BCUT2D eigenvalue weighted by Gasteiger charge is 2.30. The summed E-state index contributed by atoms with van der Waals surface area (Å²) in [5, 5.41) is 0.596. The lowest BCUT2D eigenvalue weighted by atomic mass is 10.1. The molecular formula is C16H19F3N2OS. The van der Waals surface area contributed by atoms with Crippen LogP contribution in [0.15, 0.2) is 41.0 Å². The van der Waals surface area contributed by atoms with E-state index < -0.39 is 11.7 Å². The zero-order valence-electron chi connectivity index (χ0n) is 12.6. The van der Waals surface area contributed by atoms with Gasteiger partial charge in [-0.05, 0) is 42.5 Å². The number of ether oxygens (including phenoxy) is 1. The van der Waals surface area contributed by atoms with Crippen molar-refractivity contribution >= 4 is 16.9 Å². The minimum absolute atomic E-state index is 0.198. The van der Waals surface area contributed by atoms with Crippen LogP contribution < -0.4 is 5.73 Å². The molecule has 7 heteroatoms. The van der Waals surface area contributed by atoms with Gasteiger partial charge in [-0.3, -0.25) is 0 Å². The Morgan fingerprint density at radius 2 is 2.09 bits per heavy atom. The van der Waals surface area contributed by atoms with Gasteiger partial charge in [0.1, 0.15) is 0 Å². The van der Waals surface area contributed by atoms with E-state index in [0.29, 0.717) is 17.3 Å². The van der Waals surface area contributed by atoms with Gasteiger partial charge in [-0.1, -0.05) is 23.9 Å². The standard InChI is InChI=1S/C16H19F3N2OS/c17-16(18,19)14-6-3-5-12(8-14)10-22-7-2-1-4-13-9-21-15(20)23-11-13/h3,5-6,8-9H,1-2,4,7,10-11H2,(H2,20,21). The molecule has 0 fully saturated rings. The van der Waals surface area contributed by atoms with Crippen molar-refractivity contribution in [3.05, 3.63) is 47.2 Å². The second-order valence-corrected chi connectivity index (χ2v) is 6.25. The van der Waals surface area contributed by atoms with Gasteiger partial charge < -0.3 is 10.5 Å². The predicted molar refractivity (Wildman–Crippen MR) is 87.1 cm³/mol. The molecule has 1 aliphatic heterocycles. The van der Waals surface area contributed by atoms with Crippen LogP contribution in [0.2, 0.25) is 0 Å². The summed E-state index contributed by atoms with van der Waals surface area (Å²) < 4.78 is 43.2. The number of halogens is 3. The molecule has 1 aliphatic rings. The number of aliphatic imine (C=N–C) groups is 1. The van der Waals surface area contributed by atoms with Gasteiger partial charge >= 0.3 is 6.18 Å². The molecule has 0 aromatic heterocycles. The summed E-state index contributed by atoms with van der Waals surface area (Å²) >= 11 is 1.53. The Balaban J connectivity index is 1.64. The van der Waals surface area contributed by atoms with Crippen molar-refractivity contribution < 1.29 is 17.9 Å². The highest BCUT2D eigenvalue weighted by molar-refractivity contribution is 8.14. The molecule has 0 spiro atoms. The molecule has 0 aliphatic carbocycles. The summed E-state index contributed by atoms with van der Waals surface area (Å²) in [6, 6.07) is 5.24. The van der Waals surface area contributed by atoms with Crippen LogP contribution in [-0.4, -0.2) is 17.5 Å². The Kier molecular flexibility index (Phi) is 6.53. The van der Waals surface area contributed by atoms with E-state index in [0.717, 1.165) is 37.1 Å². The van der Waals surface area contributed by atoms with Gasteiger partial charge in [0.05, 0.1) is 12.2 Å². The molecular weight excluding hydrogens is 325 g/mol. The number of thioether (sulfide) groups is 1.